The number of carbonyl (C=O) groups excluding carboxylic acids is 2. The third-order valence-corrected chi connectivity index (χ3v) is 9.57. The summed E-state index contributed by atoms with van der Waals surface area (Å²) in [5, 5.41) is 0. The Kier molecular flexibility index (Phi) is 11.9. The minimum absolute atomic E-state index is 0.0906. The fourth-order valence-corrected chi connectivity index (χ4v) is 6.87. The SMILES string of the molecule is COC(=O)COc1ccc(SC/C=C/c2ccc3c(c2)Cc2cc(/C=C/CSc4ccc(OCC(=O)OC)c(C)c4)ccc2-3)cc1C. The summed E-state index contributed by atoms with van der Waals surface area (Å²) in [5.41, 5.74) is 9.74. The largest absolute Gasteiger partial charge is 0.482 e. The van der Waals surface area contributed by atoms with Crippen molar-refractivity contribution in [2.24, 2.45) is 0 Å². The molecule has 0 saturated carbocycles. The molecule has 47 heavy (non-hydrogen) atoms. The molecule has 0 bridgehead atoms. The summed E-state index contributed by atoms with van der Waals surface area (Å²) in [7, 11) is 2.70. The lowest BCUT2D eigenvalue weighted by Gasteiger charge is -2.09. The van der Waals surface area contributed by atoms with Crippen LogP contribution >= 0.6 is 23.5 Å². The fourth-order valence-electron chi connectivity index (χ4n) is 5.25. The van der Waals surface area contributed by atoms with Gasteiger partial charge in [-0.25, -0.2) is 9.59 Å². The summed E-state index contributed by atoms with van der Waals surface area (Å²) in [6.07, 6.45) is 9.70. The van der Waals surface area contributed by atoms with Gasteiger partial charge < -0.3 is 18.9 Å². The summed E-state index contributed by atoms with van der Waals surface area (Å²) in [4.78, 5) is 25.0. The van der Waals surface area contributed by atoms with Gasteiger partial charge in [-0.3, -0.25) is 0 Å². The van der Waals surface area contributed by atoms with Crippen molar-refractivity contribution >= 4 is 47.6 Å². The highest BCUT2D eigenvalue weighted by molar-refractivity contribution is 7.99. The molecule has 0 heterocycles. The minimum Gasteiger partial charge on any atom is -0.482 e. The molecule has 8 heteroatoms. The highest BCUT2D eigenvalue weighted by atomic mass is 32.2. The first-order chi connectivity index (χ1) is 22.8. The second-order valence-corrected chi connectivity index (χ2v) is 13.2. The summed E-state index contributed by atoms with van der Waals surface area (Å²) >= 11 is 3.52. The van der Waals surface area contributed by atoms with E-state index < -0.39 is 11.9 Å². The molecule has 0 atom stereocenters. The maximum atomic E-state index is 11.3. The molecule has 1 aliphatic carbocycles. The predicted octanol–water partition coefficient (Wildman–Crippen LogP) is 8.59. The molecular formula is C39H38O6S2. The average molecular weight is 667 g/mol. The highest BCUT2D eigenvalue weighted by Gasteiger charge is 2.18. The monoisotopic (exact) mass is 666 g/mol. The van der Waals surface area contributed by atoms with Crippen molar-refractivity contribution in [2.45, 2.75) is 30.1 Å². The van der Waals surface area contributed by atoms with Gasteiger partial charge in [0.1, 0.15) is 11.5 Å². The molecule has 1 aliphatic rings. The van der Waals surface area contributed by atoms with E-state index in [0.717, 1.165) is 38.8 Å². The van der Waals surface area contributed by atoms with E-state index in [4.69, 9.17) is 9.47 Å². The fraction of sp³-hybridized carbons (Fsp3) is 0.231. The van der Waals surface area contributed by atoms with Gasteiger partial charge in [-0.2, -0.15) is 0 Å². The van der Waals surface area contributed by atoms with Crippen molar-refractivity contribution in [1.82, 2.24) is 0 Å². The average Bonchev–Trinajstić information content (AvgIpc) is 3.44. The number of hydrogen-bond donors (Lipinski definition) is 0. The number of benzene rings is 4. The van der Waals surface area contributed by atoms with Gasteiger partial charge in [0.05, 0.1) is 14.2 Å². The minimum atomic E-state index is -0.395. The van der Waals surface area contributed by atoms with E-state index >= 15 is 0 Å². The summed E-state index contributed by atoms with van der Waals surface area (Å²) in [5.74, 6) is 2.29. The standard InChI is InChI=1S/C39H38O6S2/c1-26-19-32(11-15-36(26)44-24-38(40)42-3)46-17-5-7-28-9-13-34-30(21-28)23-31-22-29(10-14-35(31)34)8-6-18-47-33-12-16-37(27(2)20-33)45-25-39(41)43-4/h5-16,19-22H,17-18,23-25H2,1-4H3/b7-5+,8-6+. The van der Waals surface area contributed by atoms with Crippen molar-refractivity contribution in [3.05, 3.63) is 118 Å². The zero-order valence-electron chi connectivity index (χ0n) is 27.0. The zero-order chi connectivity index (χ0) is 33.2. The van der Waals surface area contributed by atoms with Gasteiger partial charge >= 0.3 is 11.9 Å². The molecule has 0 amide bonds. The molecule has 0 N–H and O–H groups in total. The van der Waals surface area contributed by atoms with Crippen LogP contribution in [0.25, 0.3) is 23.3 Å². The third-order valence-electron chi connectivity index (χ3n) is 7.68. The van der Waals surface area contributed by atoms with Gasteiger partial charge in [-0.15, -0.1) is 23.5 Å². The van der Waals surface area contributed by atoms with Crippen LogP contribution in [-0.4, -0.2) is 50.9 Å². The Morgan fingerprint density at radius 3 is 1.49 bits per heavy atom. The molecule has 6 nitrogen and oxygen atoms in total. The quantitative estimate of drug-likeness (QED) is 0.0863. The molecule has 0 unspecified atom stereocenters. The zero-order valence-corrected chi connectivity index (χ0v) is 28.7. The van der Waals surface area contributed by atoms with E-state index in [1.54, 1.807) is 23.5 Å². The van der Waals surface area contributed by atoms with Crippen molar-refractivity contribution < 1.29 is 28.5 Å². The van der Waals surface area contributed by atoms with E-state index in [1.165, 1.54) is 47.6 Å². The molecule has 4 aromatic carbocycles. The Balaban J connectivity index is 1.10. The Morgan fingerprint density at radius 2 is 1.09 bits per heavy atom. The first-order valence-electron chi connectivity index (χ1n) is 15.3. The normalized spacial score (nSPS) is 11.8. The molecule has 0 spiro atoms. The van der Waals surface area contributed by atoms with Gasteiger partial charge in [-0.1, -0.05) is 60.7 Å². The second-order valence-electron chi connectivity index (χ2n) is 11.0. The maximum absolute atomic E-state index is 11.3. The Morgan fingerprint density at radius 1 is 0.638 bits per heavy atom. The number of esters is 2. The topological polar surface area (TPSA) is 71.1 Å². The molecular weight excluding hydrogens is 629 g/mol. The van der Waals surface area contributed by atoms with E-state index in [0.29, 0.717) is 11.5 Å². The lowest BCUT2D eigenvalue weighted by molar-refractivity contribution is -0.143. The van der Waals surface area contributed by atoms with Crippen molar-refractivity contribution in [2.75, 3.05) is 38.9 Å². The Hall–Kier alpha value is -4.40. The Bertz CT molecular complexity index is 1680. The lowest BCUT2D eigenvalue weighted by atomic mass is 10.0. The number of methoxy groups -OCH3 is 2. The smallest absolute Gasteiger partial charge is 0.343 e. The molecule has 0 aliphatic heterocycles. The van der Waals surface area contributed by atoms with Gasteiger partial charge in [0, 0.05) is 21.3 Å². The van der Waals surface area contributed by atoms with E-state index in [2.05, 4.69) is 82.3 Å². The van der Waals surface area contributed by atoms with Crippen molar-refractivity contribution in [1.29, 1.82) is 0 Å². The number of hydrogen-bond acceptors (Lipinski definition) is 8. The summed E-state index contributed by atoms with van der Waals surface area (Å²) in [6, 6.07) is 25.4. The van der Waals surface area contributed by atoms with E-state index in [-0.39, 0.29) is 13.2 Å². The number of ether oxygens (including phenoxy) is 4. The molecule has 0 radical (unpaired) electrons. The van der Waals surface area contributed by atoms with Crippen LogP contribution in [0.4, 0.5) is 0 Å². The van der Waals surface area contributed by atoms with Crippen molar-refractivity contribution in [3.63, 3.8) is 0 Å². The third kappa shape index (κ3) is 9.33. The number of fused-ring (bicyclic) bond motifs is 3. The highest BCUT2D eigenvalue weighted by Crippen LogP contribution is 2.38. The van der Waals surface area contributed by atoms with Crippen LogP contribution in [0.15, 0.2) is 94.7 Å². The van der Waals surface area contributed by atoms with Crippen LogP contribution in [0.3, 0.4) is 0 Å². The van der Waals surface area contributed by atoms with E-state index in [1.807, 2.05) is 38.1 Å². The molecule has 242 valence electrons. The van der Waals surface area contributed by atoms with Crippen LogP contribution in [0.2, 0.25) is 0 Å². The van der Waals surface area contributed by atoms with Crippen LogP contribution in [0.5, 0.6) is 11.5 Å². The van der Waals surface area contributed by atoms with Crippen LogP contribution < -0.4 is 9.47 Å². The first kappa shape index (κ1) is 33.9. The molecule has 4 aromatic rings. The summed E-state index contributed by atoms with van der Waals surface area (Å²) < 4.78 is 20.3. The molecule has 0 fully saturated rings. The number of thioether (sulfide) groups is 2. The number of carbonyl (C=O) groups is 2. The van der Waals surface area contributed by atoms with Gasteiger partial charge in [-0.05, 0) is 101 Å². The second kappa shape index (κ2) is 16.4. The predicted molar refractivity (Wildman–Crippen MR) is 192 cm³/mol. The lowest BCUT2D eigenvalue weighted by Crippen LogP contribution is -2.12. The molecule has 5 rings (SSSR count). The molecule has 0 saturated heterocycles. The molecule has 0 aromatic heterocycles. The first-order valence-corrected chi connectivity index (χ1v) is 17.3. The van der Waals surface area contributed by atoms with Crippen LogP contribution in [-0.2, 0) is 25.5 Å². The number of aryl methyl sites for hydroxylation is 2. The van der Waals surface area contributed by atoms with E-state index in [9.17, 15) is 9.59 Å². The van der Waals surface area contributed by atoms with Crippen LogP contribution in [0.1, 0.15) is 33.4 Å². The summed E-state index contributed by atoms with van der Waals surface area (Å²) in [6.45, 7) is 3.77. The van der Waals surface area contributed by atoms with Gasteiger partial charge in [0.15, 0.2) is 13.2 Å². The van der Waals surface area contributed by atoms with Crippen LogP contribution in [0, 0.1) is 13.8 Å². The van der Waals surface area contributed by atoms with Gasteiger partial charge in [0.25, 0.3) is 0 Å². The van der Waals surface area contributed by atoms with Gasteiger partial charge in [0.2, 0.25) is 0 Å². The van der Waals surface area contributed by atoms with Crippen molar-refractivity contribution in [3.8, 4) is 22.6 Å². The Labute approximate surface area is 285 Å². The maximum Gasteiger partial charge on any atom is 0.343 e. The number of rotatable bonds is 14.